The molecular weight excluding hydrogens is 444 g/mol. The Morgan fingerprint density at radius 3 is 2.28 bits per heavy atom. The van der Waals surface area contributed by atoms with Gasteiger partial charge < -0.3 is 5.32 Å². The first kappa shape index (κ1) is 22.1. The summed E-state index contributed by atoms with van der Waals surface area (Å²) in [5.41, 5.74) is 3.12. The van der Waals surface area contributed by atoms with Crippen molar-refractivity contribution in [2.45, 2.75) is 12.8 Å². The Labute approximate surface area is 193 Å². The van der Waals surface area contributed by atoms with E-state index in [-0.39, 0.29) is 10.8 Å². The van der Waals surface area contributed by atoms with Gasteiger partial charge in [0.15, 0.2) is 4.91 Å². The lowest BCUT2D eigenvalue weighted by Gasteiger charge is -2.31. The molecule has 1 aliphatic rings. The molecule has 1 unspecified atom stereocenters. The van der Waals surface area contributed by atoms with Gasteiger partial charge in [0.25, 0.3) is 15.9 Å². The molecule has 1 amide bonds. The van der Waals surface area contributed by atoms with E-state index in [4.69, 9.17) is 11.6 Å². The van der Waals surface area contributed by atoms with Crippen molar-refractivity contribution >= 4 is 38.8 Å². The highest BCUT2D eigenvalue weighted by molar-refractivity contribution is 7.97. The molecule has 1 heterocycles. The molecule has 4 rings (SSSR count). The van der Waals surface area contributed by atoms with Crippen LogP contribution in [0.25, 0.3) is 5.57 Å². The molecular formula is C25H23ClN2O3S. The van der Waals surface area contributed by atoms with E-state index in [0.717, 1.165) is 9.87 Å². The predicted molar refractivity (Wildman–Crippen MR) is 129 cm³/mol. The summed E-state index contributed by atoms with van der Waals surface area (Å²) >= 11 is 6.25. The minimum atomic E-state index is -4.08. The lowest BCUT2D eigenvalue weighted by atomic mass is 9.95. The minimum absolute atomic E-state index is 0.0201. The van der Waals surface area contributed by atoms with Gasteiger partial charge in [0.2, 0.25) is 0 Å². The fourth-order valence-electron chi connectivity index (χ4n) is 3.85. The molecule has 0 radical (unpaired) electrons. The Hall–Kier alpha value is -3.09. The van der Waals surface area contributed by atoms with Gasteiger partial charge in [-0.1, -0.05) is 79.2 Å². The number of carbonyl (C=O) groups excluding carboxylic acids is 1. The van der Waals surface area contributed by atoms with Gasteiger partial charge in [0, 0.05) is 29.8 Å². The first-order valence-electron chi connectivity index (χ1n) is 10.2. The van der Waals surface area contributed by atoms with Crippen LogP contribution < -0.4 is 9.62 Å². The highest BCUT2D eigenvalue weighted by Crippen LogP contribution is 2.43. The zero-order chi connectivity index (χ0) is 22.9. The van der Waals surface area contributed by atoms with Crippen LogP contribution in [0.3, 0.4) is 0 Å². The molecule has 0 saturated carbocycles. The second-order valence-corrected chi connectivity index (χ2v) is 10.1. The Morgan fingerprint density at radius 2 is 1.62 bits per heavy atom. The van der Waals surface area contributed by atoms with Crippen LogP contribution in [0.4, 0.5) is 5.69 Å². The number of nitrogens with one attached hydrogen (secondary N) is 1. The van der Waals surface area contributed by atoms with E-state index in [1.165, 1.54) is 7.05 Å². The van der Waals surface area contributed by atoms with Crippen molar-refractivity contribution in [3.8, 4) is 0 Å². The highest BCUT2D eigenvalue weighted by Gasteiger charge is 2.39. The molecule has 32 heavy (non-hydrogen) atoms. The van der Waals surface area contributed by atoms with Crippen LogP contribution in [0.5, 0.6) is 0 Å². The zero-order valence-corrected chi connectivity index (χ0v) is 19.3. The minimum Gasteiger partial charge on any atom is -0.351 e. The third-order valence-electron chi connectivity index (χ3n) is 5.62. The van der Waals surface area contributed by atoms with Crippen LogP contribution in [0.1, 0.15) is 29.5 Å². The Balaban J connectivity index is 1.82. The van der Waals surface area contributed by atoms with E-state index in [1.54, 1.807) is 30.3 Å². The van der Waals surface area contributed by atoms with Crippen molar-refractivity contribution in [3.63, 3.8) is 0 Å². The number of anilines is 1. The van der Waals surface area contributed by atoms with E-state index in [0.29, 0.717) is 34.0 Å². The fourth-order valence-corrected chi connectivity index (χ4v) is 5.50. The third-order valence-corrected chi connectivity index (χ3v) is 7.68. The molecule has 0 spiro atoms. The Kier molecular flexibility index (Phi) is 6.09. The first-order valence-corrected chi connectivity index (χ1v) is 12.0. The maximum absolute atomic E-state index is 13.5. The van der Waals surface area contributed by atoms with Crippen LogP contribution in [0.15, 0.2) is 83.8 Å². The molecule has 1 aliphatic heterocycles. The molecule has 164 valence electrons. The lowest BCUT2D eigenvalue weighted by Crippen LogP contribution is -2.40. The summed E-state index contributed by atoms with van der Waals surface area (Å²) in [6, 6.07) is 23.8. The van der Waals surface area contributed by atoms with Crippen molar-refractivity contribution in [2.75, 3.05) is 17.9 Å². The van der Waals surface area contributed by atoms with Gasteiger partial charge >= 0.3 is 0 Å². The predicted octanol–water partition coefficient (Wildman–Crippen LogP) is 4.80. The number of halogens is 1. The topological polar surface area (TPSA) is 66.5 Å². The quantitative estimate of drug-likeness (QED) is 0.587. The average molecular weight is 467 g/mol. The van der Waals surface area contributed by atoms with Gasteiger partial charge in [-0.25, -0.2) is 8.42 Å². The maximum Gasteiger partial charge on any atom is 0.270 e. The molecule has 3 aromatic rings. The van der Waals surface area contributed by atoms with Crippen molar-refractivity contribution in [1.29, 1.82) is 0 Å². The van der Waals surface area contributed by atoms with Crippen molar-refractivity contribution in [3.05, 3.63) is 105 Å². The number of fused-ring (bicyclic) bond motifs is 1. The second kappa shape index (κ2) is 8.81. The van der Waals surface area contributed by atoms with Gasteiger partial charge in [-0.2, -0.15) is 0 Å². The Morgan fingerprint density at radius 1 is 1.00 bits per heavy atom. The van der Waals surface area contributed by atoms with E-state index < -0.39 is 15.9 Å². The largest absolute Gasteiger partial charge is 0.351 e. The van der Waals surface area contributed by atoms with Crippen molar-refractivity contribution in [2.24, 2.45) is 0 Å². The summed E-state index contributed by atoms with van der Waals surface area (Å²) in [6.45, 7) is 2.29. The first-order chi connectivity index (χ1) is 15.3. The van der Waals surface area contributed by atoms with Gasteiger partial charge in [0.05, 0.1) is 5.69 Å². The molecule has 0 fully saturated rings. The number of hydrogen-bond donors (Lipinski definition) is 1. The van der Waals surface area contributed by atoms with E-state index in [2.05, 4.69) is 5.32 Å². The number of rotatable bonds is 5. The summed E-state index contributed by atoms with van der Waals surface area (Å²) in [4.78, 5) is 13.1. The number of sulfonamides is 1. The van der Waals surface area contributed by atoms with Crippen LogP contribution >= 0.6 is 11.6 Å². The number of carbonyl (C=O) groups is 1. The normalized spacial score (nSPS) is 15.8. The standard InChI is InChI=1S/C25H23ClN2O3S/c1-17(18-9-5-3-6-10-18)16-27-25(29)24-23(19-11-7-4-8-12-19)21-15-20(26)13-14-22(21)28(2)32(24,30)31/h3-15,17H,16H2,1-2H3,(H,27,29). The number of nitrogens with zero attached hydrogens (tertiary/aromatic N) is 1. The molecule has 0 aromatic heterocycles. The van der Waals surface area contributed by atoms with Crippen LogP contribution in [0, 0.1) is 0 Å². The summed E-state index contributed by atoms with van der Waals surface area (Å²) in [5.74, 6) is -0.615. The number of amides is 1. The maximum atomic E-state index is 13.5. The molecule has 0 bridgehead atoms. The van der Waals surface area contributed by atoms with Crippen molar-refractivity contribution < 1.29 is 13.2 Å². The molecule has 5 nitrogen and oxygen atoms in total. The third kappa shape index (κ3) is 4.04. The SMILES string of the molecule is CC(CNC(=O)C1=C(c2ccccc2)c2cc(Cl)ccc2N(C)S1(=O)=O)c1ccccc1. The summed E-state index contributed by atoms with van der Waals surface area (Å²) in [5, 5.41) is 3.30. The van der Waals surface area contributed by atoms with Gasteiger partial charge in [-0.15, -0.1) is 0 Å². The van der Waals surface area contributed by atoms with Crippen LogP contribution in [0.2, 0.25) is 5.02 Å². The van der Waals surface area contributed by atoms with E-state index in [1.807, 2.05) is 55.5 Å². The number of hydrogen-bond acceptors (Lipinski definition) is 3. The molecule has 0 aliphatic carbocycles. The van der Waals surface area contributed by atoms with Crippen LogP contribution in [-0.4, -0.2) is 27.9 Å². The molecule has 3 aromatic carbocycles. The molecule has 1 atom stereocenters. The fraction of sp³-hybridized carbons (Fsp3) is 0.160. The van der Waals surface area contributed by atoms with E-state index in [9.17, 15) is 13.2 Å². The van der Waals surface area contributed by atoms with Crippen LogP contribution in [-0.2, 0) is 14.8 Å². The second-order valence-electron chi connectivity index (χ2n) is 7.73. The average Bonchev–Trinajstić information content (AvgIpc) is 2.80. The Bertz CT molecular complexity index is 1290. The van der Waals surface area contributed by atoms with Gasteiger partial charge in [-0.3, -0.25) is 9.10 Å². The molecule has 1 N–H and O–H groups in total. The smallest absolute Gasteiger partial charge is 0.270 e. The lowest BCUT2D eigenvalue weighted by molar-refractivity contribution is -0.116. The van der Waals surface area contributed by atoms with Gasteiger partial charge in [0.1, 0.15) is 0 Å². The van der Waals surface area contributed by atoms with E-state index >= 15 is 0 Å². The number of benzene rings is 3. The summed E-state index contributed by atoms with van der Waals surface area (Å²) in [7, 11) is -2.63. The monoisotopic (exact) mass is 466 g/mol. The summed E-state index contributed by atoms with van der Waals surface area (Å²) < 4.78 is 28.1. The highest BCUT2D eigenvalue weighted by atomic mass is 35.5. The summed E-state index contributed by atoms with van der Waals surface area (Å²) in [6.07, 6.45) is 0. The van der Waals surface area contributed by atoms with Gasteiger partial charge in [-0.05, 0) is 35.2 Å². The zero-order valence-electron chi connectivity index (χ0n) is 17.7. The van der Waals surface area contributed by atoms with Crippen molar-refractivity contribution in [1.82, 2.24) is 5.32 Å². The molecule has 0 saturated heterocycles. The molecule has 7 heteroatoms.